The van der Waals surface area contributed by atoms with Gasteiger partial charge in [0.25, 0.3) is 5.91 Å². The van der Waals surface area contributed by atoms with Crippen LogP contribution in [0.3, 0.4) is 0 Å². The molecular formula is C15H13FN4O. The molecule has 0 fully saturated rings. The molecule has 0 spiro atoms. The van der Waals surface area contributed by atoms with Crippen LogP contribution >= 0.6 is 0 Å². The van der Waals surface area contributed by atoms with Crippen molar-refractivity contribution < 1.29 is 9.18 Å². The minimum absolute atomic E-state index is 0.307. The number of imidazole rings is 1. The lowest BCUT2D eigenvalue weighted by Gasteiger charge is -2.05. The minimum Gasteiger partial charge on any atom is -0.345 e. The molecule has 0 unspecified atom stereocenters. The van der Waals surface area contributed by atoms with Gasteiger partial charge < -0.3 is 5.32 Å². The summed E-state index contributed by atoms with van der Waals surface area (Å²) in [4.78, 5) is 20.7. The van der Waals surface area contributed by atoms with Crippen LogP contribution in [0.25, 0.3) is 5.65 Å². The van der Waals surface area contributed by atoms with E-state index in [-0.39, 0.29) is 5.91 Å². The molecular weight excluding hydrogens is 271 g/mol. The maximum Gasteiger partial charge on any atom is 0.270 e. The Bertz CT molecular complexity index is 798. The number of amides is 1. The smallest absolute Gasteiger partial charge is 0.270 e. The Hall–Kier alpha value is -2.76. The molecule has 3 rings (SSSR count). The average molecular weight is 284 g/mol. The molecule has 0 aromatic carbocycles. The second-order valence-corrected chi connectivity index (χ2v) is 4.63. The Balaban J connectivity index is 1.87. The number of hydrogen-bond donors (Lipinski definition) is 1. The summed E-state index contributed by atoms with van der Waals surface area (Å²) in [5.74, 6) is -0.727. The van der Waals surface area contributed by atoms with E-state index in [0.29, 0.717) is 23.6 Å². The molecule has 3 heterocycles. The molecule has 0 saturated carbocycles. The molecule has 0 aliphatic heterocycles. The Labute approximate surface area is 120 Å². The third-order valence-electron chi connectivity index (χ3n) is 3.13. The van der Waals surface area contributed by atoms with Crippen LogP contribution in [-0.2, 0) is 6.54 Å². The normalized spacial score (nSPS) is 10.8. The standard InChI is InChI=1S/C15H13FN4O/c1-10-14(20-9-11(16)5-6-13(20)19-10)15(21)18-8-12-4-2-3-7-17-12/h2-7,9H,8H2,1H3,(H,18,21). The van der Waals surface area contributed by atoms with Gasteiger partial charge >= 0.3 is 0 Å². The number of nitrogens with zero attached hydrogens (tertiary/aromatic N) is 3. The van der Waals surface area contributed by atoms with Gasteiger partial charge in [-0.2, -0.15) is 0 Å². The fourth-order valence-corrected chi connectivity index (χ4v) is 2.17. The van der Waals surface area contributed by atoms with Gasteiger partial charge in [-0.15, -0.1) is 0 Å². The summed E-state index contributed by atoms with van der Waals surface area (Å²) in [6.45, 7) is 2.03. The van der Waals surface area contributed by atoms with Crippen LogP contribution < -0.4 is 5.32 Å². The molecule has 3 aromatic rings. The van der Waals surface area contributed by atoms with Crippen LogP contribution in [0.1, 0.15) is 21.9 Å². The van der Waals surface area contributed by atoms with Crippen LogP contribution in [0.15, 0.2) is 42.7 Å². The van der Waals surface area contributed by atoms with E-state index in [1.54, 1.807) is 13.1 Å². The molecule has 0 bridgehead atoms. The number of aryl methyl sites for hydroxylation is 1. The molecule has 3 aromatic heterocycles. The number of nitrogens with one attached hydrogen (secondary N) is 1. The number of rotatable bonds is 3. The molecule has 0 saturated heterocycles. The molecule has 1 amide bonds. The highest BCUT2D eigenvalue weighted by molar-refractivity contribution is 5.94. The van der Waals surface area contributed by atoms with Gasteiger partial charge in [0.05, 0.1) is 17.9 Å². The van der Waals surface area contributed by atoms with Gasteiger partial charge in [0.15, 0.2) is 0 Å². The number of fused-ring (bicyclic) bond motifs is 1. The predicted molar refractivity (Wildman–Crippen MR) is 75.3 cm³/mol. The highest BCUT2D eigenvalue weighted by Crippen LogP contribution is 2.13. The van der Waals surface area contributed by atoms with Crippen LogP contribution in [0.4, 0.5) is 4.39 Å². The lowest BCUT2D eigenvalue weighted by molar-refractivity contribution is 0.0944. The van der Waals surface area contributed by atoms with Crippen LogP contribution in [0, 0.1) is 12.7 Å². The number of carbonyl (C=O) groups is 1. The Morgan fingerprint density at radius 2 is 2.19 bits per heavy atom. The van der Waals surface area contributed by atoms with E-state index in [2.05, 4.69) is 15.3 Å². The van der Waals surface area contributed by atoms with E-state index in [0.717, 1.165) is 5.69 Å². The maximum absolute atomic E-state index is 13.3. The molecule has 21 heavy (non-hydrogen) atoms. The van der Waals surface area contributed by atoms with Crippen LogP contribution in [0.5, 0.6) is 0 Å². The predicted octanol–water partition coefficient (Wildman–Crippen LogP) is 2.11. The van der Waals surface area contributed by atoms with Crippen molar-refractivity contribution in [2.45, 2.75) is 13.5 Å². The fraction of sp³-hybridized carbons (Fsp3) is 0.133. The topological polar surface area (TPSA) is 59.3 Å². The summed E-state index contributed by atoms with van der Waals surface area (Å²) in [5, 5.41) is 2.77. The Kier molecular flexibility index (Phi) is 3.35. The second-order valence-electron chi connectivity index (χ2n) is 4.63. The molecule has 0 radical (unpaired) electrons. The van der Waals surface area contributed by atoms with Crippen molar-refractivity contribution in [3.05, 3.63) is 65.6 Å². The van der Waals surface area contributed by atoms with Crippen LogP contribution in [0.2, 0.25) is 0 Å². The summed E-state index contributed by atoms with van der Waals surface area (Å²) in [7, 11) is 0. The Morgan fingerprint density at radius 3 is 2.95 bits per heavy atom. The van der Waals surface area contributed by atoms with Gasteiger partial charge in [-0.1, -0.05) is 6.07 Å². The Morgan fingerprint density at radius 1 is 1.33 bits per heavy atom. The van der Waals surface area contributed by atoms with Crippen molar-refractivity contribution in [2.24, 2.45) is 0 Å². The van der Waals surface area contributed by atoms with Crippen molar-refractivity contribution in [2.75, 3.05) is 0 Å². The molecule has 1 N–H and O–H groups in total. The van der Waals surface area contributed by atoms with Gasteiger partial charge in [-0.05, 0) is 31.2 Å². The second kappa shape index (κ2) is 5.32. The number of pyridine rings is 2. The van der Waals surface area contributed by atoms with E-state index < -0.39 is 5.82 Å². The van der Waals surface area contributed by atoms with Gasteiger partial charge in [0.1, 0.15) is 17.2 Å². The first-order chi connectivity index (χ1) is 10.1. The summed E-state index contributed by atoms with van der Waals surface area (Å²) < 4.78 is 14.8. The van der Waals surface area contributed by atoms with Gasteiger partial charge in [0, 0.05) is 12.4 Å². The van der Waals surface area contributed by atoms with E-state index in [1.165, 1.54) is 22.7 Å². The monoisotopic (exact) mass is 284 g/mol. The highest BCUT2D eigenvalue weighted by atomic mass is 19.1. The first-order valence-electron chi connectivity index (χ1n) is 6.47. The van der Waals surface area contributed by atoms with Crippen molar-refractivity contribution >= 4 is 11.6 Å². The lowest BCUT2D eigenvalue weighted by Crippen LogP contribution is -2.25. The van der Waals surface area contributed by atoms with E-state index in [4.69, 9.17) is 0 Å². The SMILES string of the molecule is Cc1nc2ccc(F)cn2c1C(=O)NCc1ccccn1. The highest BCUT2D eigenvalue weighted by Gasteiger charge is 2.16. The first kappa shape index (κ1) is 13.2. The summed E-state index contributed by atoms with van der Waals surface area (Å²) in [5.41, 5.74) is 2.18. The molecule has 106 valence electrons. The number of aromatic nitrogens is 3. The zero-order valence-corrected chi connectivity index (χ0v) is 11.4. The van der Waals surface area contributed by atoms with E-state index in [1.807, 2.05) is 18.2 Å². The van der Waals surface area contributed by atoms with Crippen molar-refractivity contribution in [1.29, 1.82) is 0 Å². The summed E-state index contributed by atoms with van der Waals surface area (Å²) >= 11 is 0. The molecule has 0 aliphatic carbocycles. The van der Waals surface area contributed by atoms with Gasteiger partial charge in [-0.25, -0.2) is 9.37 Å². The van der Waals surface area contributed by atoms with Gasteiger partial charge in [-0.3, -0.25) is 14.2 Å². The summed E-state index contributed by atoms with van der Waals surface area (Å²) in [6.07, 6.45) is 2.92. The first-order valence-corrected chi connectivity index (χ1v) is 6.47. The van der Waals surface area contributed by atoms with E-state index >= 15 is 0 Å². The third kappa shape index (κ3) is 2.60. The quantitative estimate of drug-likeness (QED) is 0.801. The summed E-state index contributed by atoms with van der Waals surface area (Å²) in [6, 6.07) is 8.34. The van der Waals surface area contributed by atoms with Crippen LogP contribution in [-0.4, -0.2) is 20.3 Å². The van der Waals surface area contributed by atoms with Crippen molar-refractivity contribution in [1.82, 2.24) is 19.7 Å². The lowest BCUT2D eigenvalue weighted by atomic mass is 10.3. The number of carbonyl (C=O) groups excluding carboxylic acids is 1. The molecule has 0 atom stereocenters. The largest absolute Gasteiger partial charge is 0.345 e. The number of halogens is 1. The van der Waals surface area contributed by atoms with Gasteiger partial charge in [0.2, 0.25) is 0 Å². The maximum atomic E-state index is 13.3. The van der Waals surface area contributed by atoms with E-state index in [9.17, 15) is 9.18 Å². The average Bonchev–Trinajstić information content (AvgIpc) is 2.81. The fourth-order valence-electron chi connectivity index (χ4n) is 2.17. The zero-order chi connectivity index (χ0) is 14.8. The molecule has 0 aliphatic rings. The number of hydrogen-bond acceptors (Lipinski definition) is 3. The molecule has 5 nitrogen and oxygen atoms in total. The zero-order valence-electron chi connectivity index (χ0n) is 11.4. The molecule has 6 heteroatoms. The minimum atomic E-state index is -0.418. The third-order valence-corrected chi connectivity index (χ3v) is 3.13. The van der Waals surface area contributed by atoms with Crippen molar-refractivity contribution in [3.8, 4) is 0 Å². The van der Waals surface area contributed by atoms with Crippen molar-refractivity contribution in [3.63, 3.8) is 0 Å².